The Hall–Kier alpha value is -0.640. The maximum atomic E-state index is 6.06. The Labute approximate surface area is 95.8 Å². The average Bonchev–Trinajstić information content (AvgIpc) is 2.21. The zero-order valence-electron chi connectivity index (χ0n) is 9.33. The molecule has 1 aromatic rings. The van der Waals surface area contributed by atoms with Gasteiger partial charge in [0.25, 0.3) is 0 Å². The number of hydrogen-bond donors (Lipinski definition) is 1. The fraction of sp³-hybridized carbons (Fsp3) is 0.545. The fourth-order valence-electron chi connectivity index (χ4n) is 1.24. The van der Waals surface area contributed by atoms with Gasteiger partial charge in [0.1, 0.15) is 0 Å². The van der Waals surface area contributed by atoms with Gasteiger partial charge in [0.15, 0.2) is 0 Å². The van der Waals surface area contributed by atoms with Gasteiger partial charge in [-0.1, -0.05) is 11.6 Å². The highest BCUT2D eigenvalue weighted by Gasteiger charge is 2.14. The Morgan fingerprint density at radius 2 is 2.27 bits per heavy atom. The summed E-state index contributed by atoms with van der Waals surface area (Å²) >= 11 is 6.06. The number of nitrogens with zero attached hydrogens (tertiary/aromatic N) is 1. The van der Waals surface area contributed by atoms with Crippen LogP contribution in [0.1, 0.15) is 25.6 Å². The minimum absolute atomic E-state index is 0.0427. The molecule has 1 rings (SSSR count). The highest BCUT2D eigenvalue weighted by molar-refractivity contribution is 6.31. The molecule has 0 amide bonds. The van der Waals surface area contributed by atoms with E-state index in [9.17, 15) is 0 Å². The van der Waals surface area contributed by atoms with Crippen LogP contribution in [-0.4, -0.2) is 24.7 Å². The third-order valence-electron chi connectivity index (χ3n) is 2.06. The molecule has 1 unspecified atom stereocenters. The van der Waals surface area contributed by atoms with Gasteiger partial charge in [0.05, 0.1) is 29.5 Å². The second kappa shape index (κ2) is 6.05. The molecule has 84 valence electrons. The lowest BCUT2D eigenvalue weighted by molar-refractivity contribution is 0.0619. The van der Waals surface area contributed by atoms with Crippen molar-refractivity contribution in [2.45, 2.75) is 26.0 Å². The summed E-state index contributed by atoms with van der Waals surface area (Å²) in [5.41, 5.74) is 0.835. The van der Waals surface area contributed by atoms with Gasteiger partial charge in [-0.05, 0) is 33.0 Å². The maximum absolute atomic E-state index is 6.06. The Morgan fingerprint density at radius 1 is 1.53 bits per heavy atom. The van der Waals surface area contributed by atoms with Gasteiger partial charge in [-0.2, -0.15) is 0 Å². The third kappa shape index (κ3) is 3.78. The summed E-state index contributed by atoms with van der Waals surface area (Å²) in [7, 11) is 1.87. The SMILES string of the molecule is CNC(COC(C)C)c1ncccc1Cl. The van der Waals surface area contributed by atoms with Crippen molar-refractivity contribution >= 4 is 11.6 Å². The molecule has 1 aromatic heterocycles. The van der Waals surface area contributed by atoms with Gasteiger partial charge < -0.3 is 10.1 Å². The number of nitrogens with one attached hydrogen (secondary N) is 1. The van der Waals surface area contributed by atoms with Crippen molar-refractivity contribution in [3.05, 3.63) is 29.0 Å². The van der Waals surface area contributed by atoms with Crippen molar-refractivity contribution in [3.63, 3.8) is 0 Å². The molecular weight excluding hydrogens is 212 g/mol. The van der Waals surface area contributed by atoms with Crippen molar-refractivity contribution in [2.75, 3.05) is 13.7 Å². The van der Waals surface area contributed by atoms with Crippen molar-refractivity contribution in [3.8, 4) is 0 Å². The van der Waals surface area contributed by atoms with E-state index in [4.69, 9.17) is 16.3 Å². The second-order valence-corrected chi connectivity index (χ2v) is 4.00. The zero-order valence-corrected chi connectivity index (χ0v) is 10.1. The van der Waals surface area contributed by atoms with Gasteiger partial charge in [-0.25, -0.2) is 0 Å². The average molecular weight is 229 g/mol. The second-order valence-electron chi connectivity index (χ2n) is 3.59. The van der Waals surface area contributed by atoms with Crippen molar-refractivity contribution in [1.29, 1.82) is 0 Å². The predicted octanol–water partition coefficient (Wildman–Crippen LogP) is 2.42. The summed E-state index contributed by atoms with van der Waals surface area (Å²) in [4.78, 5) is 4.25. The summed E-state index contributed by atoms with van der Waals surface area (Å²) < 4.78 is 5.54. The number of ether oxygens (including phenoxy) is 1. The Bertz CT molecular complexity index is 304. The molecule has 0 aliphatic rings. The van der Waals surface area contributed by atoms with Crippen molar-refractivity contribution in [2.24, 2.45) is 0 Å². The largest absolute Gasteiger partial charge is 0.377 e. The van der Waals surface area contributed by atoms with Crippen LogP contribution < -0.4 is 5.32 Å². The summed E-state index contributed by atoms with van der Waals surface area (Å²) in [5.74, 6) is 0. The quantitative estimate of drug-likeness (QED) is 0.841. The molecule has 0 aliphatic heterocycles. The van der Waals surface area contributed by atoms with E-state index in [0.717, 1.165) is 5.69 Å². The molecule has 0 aliphatic carbocycles. The first kappa shape index (κ1) is 12.4. The molecule has 1 heterocycles. The van der Waals surface area contributed by atoms with Crippen LogP contribution in [0, 0.1) is 0 Å². The molecule has 0 spiro atoms. The van der Waals surface area contributed by atoms with E-state index >= 15 is 0 Å². The molecule has 0 fully saturated rings. The summed E-state index contributed by atoms with van der Waals surface area (Å²) in [6, 6.07) is 3.70. The van der Waals surface area contributed by atoms with E-state index in [1.54, 1.807) is 6.20 Å². The minimum atomic E-state index is 0.0427. The van der Waals surface area contributed by atoms with E-state index in [-0.39, 0.29) is 12.1 Å². The van der Waals surface area contributed by atoms with E-state index in [2.05, 4.69) is 10.3 Å². The highest BCUT2D eigenvalue weighted by Crippen LogP contribution is 2.20. The number of likely N-dealkylation sites (N-methyl/N-ethyl adjacent to an activating group) is 1. The maximum Gasteiger partial charge on any atom is 0.0782 e. The molecule has 0 saturated heterocycles. The molecule has 1 N–H and O–H groups in total. The van der Waals surface area contributed by atoms with E-state index in [1.807, 2.05) is 33.0 Å². The van der Waals surface area contributed by atoms with Gasteiger partial charge in [0, 0.05) is 6.20 Å². The normalized spacial score (nSPS) is 13.1. The van der Waals surface area contributed by atoms with Crippen LogP contribution in [0.15, 0.2) is 18.3 Å². The summed E-state index contributed by atoms with van der Waals surface area (Å²) in [6.07, 6.45) is 1.95. The Morgan fingerprint density at radius 3 is 2.80 bits per heavy atom. The van der Waals surface area contributed by atoms with Gasteiger partial charge in [0.2, 0.25) is 0 Å². The molecule has 0 aromatic carbocycles. The topological polar surface area (TPSA) is 34.1 Å². The van der Waals surface area contributed by atoms with Crippen LogP contribution in [0.2, 0.25) is 5.02 Å². The van der Waals surface area contributed by atoms with Crippen LogP contribution in [0.4, 0.5) is 0 Å². The molecule has 4 heteroatoms. The van der Waals surface area contributed by atoms with Crippen LogP contribution in [0.5, 0.6) is 0 Å². The zero-order chi connectivity index (χ0) is 11.3. The van der Waals surface area contributed by atoms with Crippen LogP contribution >= 0.6 is 11.6 Å². The molecule has 15 heavy (non-hydrogen) atoms. The first-order chi connectivity index (χ1) is 7.15. The Balaban J connectivity index is 2.70. The van der Waals surface area contributed by atoms with Gasteiger partial charge >= 0.3 is 0 Å². The van der Waals surface area contributed by atoms with Crippen molar-refractivity contribution in [1.82, 2.24) is 10.3 Å². The molecule has 1 atom stereocenters. The molecule has 0 radical (unpaired) electrons. The number of halogens is 1. The molecular formula is C11H17ClN2O. The number of aromatic nitrogens is 1. The molecule has 0 saturated carbocycles. The fourth-order valence-corrected chi connectivity index (χ4v) is 1.50. The summed E-state index contributed by atoms with van der Waals surface area (Å²) in [5, 5.41) is 3.81. The van der Waals surface area contributed by atoms with E-state index in [1.165, 1.54) is 0 Å². The molecule has 0 bridgehead atoms. The molecule has 3 nitrogen and oxygen atoms in total. The van der Waals surface area contributed by atoms with E-state index in [0.29, 0.717) is 11.6 Å². The number of rotatable bonds is 5. The first-order valence-corrected chi connectivity index (χ1v) is 5.42. The minimum Gasteiger partial charge on any atom is -0.377 e. The smallest absolute Gasteiger partial charge is 0.0782 e. The Kier molecular flexibility index (Phi) is 5.02. The monoisotopic (exact) mass is 228 g/mol. The lowest BCUT2D eigenvalue weighted by Crippen LogP contribution is -2.24. The lowest BCUT2D eigenvalue weighted by atomic mass is 10.2. The van der Waals surface area contributed by atoms with Crippen LogP contribution in [0.25, 0.3) is 0 Å². The number of hydrogen-bond acceptors (Lipinski definition) is 3. The highest BCUT2D eigenvalue weighted by atomic mass is 35.5. The summed E-state index contributed by atoms with van der Waals surface area (Å²) in [6.45, 7) is 4.59. The van der Waals surface area contributed by atoms with Crippen LogP contribution in [0.3, 0.4) is 0 Å². The number of pyridine rings is 1. The van der Waals surface area contributed by atoms with Crippen LogP contribution in [-0.2, 0) is 4.74 Å². The van der Waals surface area contributed by atoms with Crippen molar-refractivity contribution < 1.29 is 4.74 Å². The van der Waals surface area contributed by atoms with Gasteiger partial charge in [-0.15, -0.1) is 0 Å². The standard InChI is InChI=1S/C11H17ClN2O/c1-8(2)15-7-10(13-3)11-9(12)5-4-6-14-11/h4-6,8,10,13H,7H2,1-3H3. The van der Waals surface area contributed by atoms with E-state index < -0.39 is 0 Å². The third-order valence-corrected chi connectivity index (χ3v) is 2.38. The predicted molar refractivity (Wildman–Crippen MR) is 62.1 cm³/mol. The lowest BCUT2D eigenvalue weighted by Gasteiger charge is -2.18. The first-order valence-electron chi connectivity index (χ1n) is 5.04. The van der Waals surface area contributed by atoms with Gasteiger partial charge in [-0.3, -0.25) is 4.98 Å².